The number of nitrogens with zero attached hydrogens (tertiary/aromatic N) is 4. The quantitative estimate of drug-likeness (QED) is 0.669. The summed E-state index contributed by atoms with van der Waals surface area (Å²) in [6.45, 7) is 0.0503. The van der Waals surface area contributed by atoms with Gasteiger partial charge in [-0.15, -0.1) is 10.2 Å². The second-order valence-electron chi connectivity index (χ2n) is 4.09. The molecule has 8 nitrogen and oxygen atoms in total. The molecule has 0 spiro atoms. The van der Waals surface area contributed by atoms with Crippen LogP contribution in [0.15, 0.2) is 24.4 Å². The molecule has 21 heavy (non-hydrogen) atoms. The lowest BCUT2D eigenvalue weighted by Crippen LogP contribution is -1.97. The number of hydrogen-bond donors (Lipinski definition) is 3. The number of benzene rings is 1. The molecule has 0 bridgehead atoms. The van der Waals surface area contributed by atoms with Crippen molar-refractivity contribution in [3.63, 3.8) is 0 Å². The van der Waals surface area contributed by atoms with Gasteiger partial charge in [0.1, 0.15) is 17.4 Å². The van der Waals surface area contributed by atoms with Gasteiger partial charge in [0.25, 0.3) is 0 Å². The molecule has 1 heterocycles. The number of nitriles is 1. The van der Waals surface area contributed by atoms with Crippen molar-refractivity contribution < 1.29 is 9.84 Å². The number of aliphatic hydroxyl groups is 1. The van der Waals surface area contributed by atoms with Crippen LogP contribution in [0.1, 0.15) is 11.4 Å². The summed E-state index contributed by atoms with van der Waals surface area (Å²) in [5, 5.41) is 34.3. The van der Waals surface area contributed by atoms with Gasteiger partial charge in [-0.2, -0.15) is 10.5 Å². The molecule has 8 heteroatoms. The normalized spacial score (nSPS) is 11.0. The van der Waals surface area contributed by atoms with Gasteiger partial charge in [0.05, 0.1) is 7.11 Å². The van der Waals surface area contributed by atoms with E-state index in [2.05, 4.69) is 25.9 Å². The van der Waals surface area contributed by atoms with Crippen LogP contribution in [-0.4, -0.2) is 39.4 Å². The minimum Gasteiger partial charge on any atom is -0.497 e. The predicted molar refractivity (Wildman–Crippen MR) is 75.2 cm³/mol. The summed E-state index contributed by atoms with van der Waals surface area (Å²) in [4.78, 5) is 0. The van der Waals surface area contributed by atoms with Crippen LogP contribution in [-0.2, 0) is 6.42 Å². The number of aliphatic hydroxyl groups excluding tert-OH is 1. The van der Waals surface area contributed by atoms with Crippen molar-refractivity contribution in [1.82, 2.24) is 20.6 Å². The van der Waals surface area contributed by atoms with E-state index < -0.39 is 0 Å². The molecule has 0 fully saturated rings. The van der Waals surface area contributed by atoms with E-state index >= 15 is 0 Å². The van der Waals surface area contributed by atoms with Crippen molar-refractivity contribution in [3.05, 3.63) is 35.8 Å². The van der Waals surface area contributed by atoms with E-state index in [1.54, 1.807) is 13.2 Å². The molecular formula is C13H14N6O2. The van der Waals surface area contributed by atoms with E-state index in [-0.39, 0.29) is 18.0 Å². The van der Waals surface area contributed by atoms with Gasteiger partial charge in [-0.25, -0.2) is 0 Å². The van der Waals surface area contributed by atoms with E-state index in [1.165, 1.54) is 6.20 Å². The summed E-state index contributed by atoms with van der Waals surface area (Å²) in [5.74, 6) is 0.874. The highest BCUT2D eigenvalue weighted by molar-refractivity contribution is 5.74. The van der Waals surface area contributed by atoms with Crippen molar-refractivity contribution >= 4 is 11.3 Å². The maximum absolute atomic E-state index is 9.08. The van der Waals surface area contributed by atoms with Crippen molar-refractivity contribution in [2.75, 3.05) is 19.0 Å². The van der Waals surface area contributed by atoms with E-state index in [9.17, 15) is 0 Å². The fraction of sp³-hybridized carbons (Fsp3) is 0.231. The number of H-pyrrole nitrogens is 1. The monoisotopic (exact) mass is 286 g/mol. The molecule has 0 radical (unpaired) electrons. The van der Waals surface area contributed by atoms with Gasteiger partial charge in [0.2, 0.25) is 5.82 Å². The van der Waals surface area contributed by atoms with Crippen LogP contribution in [0, 0.1) is 11.3 Å². The zero-order chi connectivity index (χ0) is 15.1. The van der Waals surface area contributed by atoms with Crippen LogP contribution in [0.2, 0.25) is 0 Å². The van der Waals surface area contributed by atoms with Crippen molar-refractivity contribution in [3.8, 4) is 11.8 Å². The van der Waals surface area contributed by atoms with E-state index in [4.69, 9.17) is 15.1 Å². The minimum absolute atomic E-state index is 0.0503. The Bertz CT molecular complexity index is 660. The first-order valence-electron chi connectivity index (χ1n) is 6.16. The minimum atomic E-state index is 0.0503. The van der Waals surface area contributed by atoms with Gasteiger partial charge in [-0.05, 0) is 29.3 Å². The number of methoxy groups -OCH3 is 1. The van der Waals surface area contributed by atoms with Gasteiger partial charge >= 0.3 is 0 Å². The lowest BCUT2D eigenvalue weighted by molar-refractivity contribution is 0.299. The van der Waals surface area contributed by atoms with Gasteiger partial charge in [-0.1, -0.05) is 0 Å². The molecular weight excluding hydrogens is 272 g/mol. The third kappa shape index (κ3) is 3.77. The lowest BCUT2D eigenvalue weighted by Gasteiger charge is -2.08. The lowest BCUT2D eigenvalue weighted by atomic mass is 10.1. The van der Waals surface area contributed by atoms with Crippen molar-refractivity contribution in [1.29, 1.82) is 5.26 Å². The van der Waals surface area contributed by atoms with Crippen LogP contribution in [0.25, 0.3) is 5.57 Å². The molecule has 1 aromatic heterocycles. The number of hydrogen-bond acceptors (Lipinski definition) is 7. The number of nitrogens with one attached hydrogen (secondary N) is 2. The Kier molecular flexibility index (Phi) is 4.84. The maximum atomic E-state index is 9.08. The number of aromatic amines is 1. The molecule has 0 atom stereocenters. The highest BCUT2D eigenvalue weighted by Gasteiger charge is 2.06. The zero-order valence-corrected chi connectivity index (χ0v) is 11.4. The highest BCUT2D eigenvalue weighted by Crippen LogP contribution is 2.21. The van der Waals surface area contributed by atoms with Gasteiger partial charge in [0.15, 0.2) is 0 Å². The predicted octanol–water partition coefficient (Wildman–Crippen LogP) is 0.720. The fourth-order valence-corrected chi connectivity index (χ4v) is 1.71. The fourth-order valence-electron chi connectivity index (χ4n) is 1.71. The first kappa shape index (κ1) is 14.5. The Labute approximate surface area is 121 Å². The van der Waals surface area contributed by atoms with Crippen LogP contribution in [0.4, 0.5) is 5.69 Å². The van der Waals surface area contributed by atoms with Gasteiger partial charge in [0, 0.05) is 24.6 Å². The molecule has 0 saturated heterocycles. The molecule has 0 unspecified atom stereocenters. The molecule has 0 aliphatic heterocycles. The third-order valence-corrected chi connectivity index (χ3v) is 2.69. The highest BCUT2D eigenvalue weighted by atomic mass is 16.5. The molecule has 3 N–H and O–H groups in total. The summed E-state index contributed by atoms with van der Waals surface area (Å²) in [5.41, 5.74) is 1.90. The average Bonchev–Trinajstić information content (AvgIpc) is 3.02. The van der Waals surface area contributed by atoms with Crippen molar-refractivity contribution in [2.24, 2.45) is 0 Å². The van der Waals surface area contributed by atoms with E-state index in [0.717, 1.165) is 11.3 Å². The molecule has 108 valence electrons. The smallest absolute Gasteiger partial charge is 0.216 e. The second kappa shape index (κ2) is 7.02. The number of allylic oxidation sites excluding steroid dienone is 1. The summed E-state index contributed by atoms with van der Waals surface area (Å²) in [6, 6.07) is 7.47. The Morgan fingerprint density at radius 3 is 3.00 bits per heavy atom. The summed E-state index contributed by atoms with van der Waals surface area (Å²) >= 11 is 0. The molecule has 0 saturated carbocycles. The first-order chi connectivity index (χ1) is 10.3. The van der Waals surface area contributed by atoms with E-state index in [1.807, 2.05) is 18.2 Å². The van der Waals surface area contributed by atoms with Crippen LogP contribution < -0.4 is 10.1 Å². The maximum Gasteiger partial charge on any atom is 0.216 e. The number of tetrazole rings is 1. The summed E-state index contributed by atoms with van der Waals surface area (Å²) in [6.07, 6.45) is 2.01. The zero-order valence-electron chi connectivity index (χ0n) is 11.4. The average molecular weight is 286 g/mol. The molecule has 2 aromatic rings. The molecule has 2 rings (SSSR count). The molecule has 0 amide bonds. The Morgan fingerprint density at radius 2 is 2.38 bits per heavy atom. The van der Waals surface area contributed by atoms with Crippen LogP contribution in [0.5, 0.6) is 5.75 Å². The second-order valence-corrected chi connectivity index (χ2v) is 4.09. The summed E-state index contributed by atoms with van der Waals surface area (Å²) in [7, 11) is 1.57. The third-order valence-electron chi connectivity index (χ3n) is 2.69. The SMILES string of the molecule is COc1cc(CCO)cc(NC=C(C#N)c2nn[nH]n2)c1. The van der Waals surface area contributed by atoms with Crippen molar-refractivity contribution in [2.45, 2.75) is 6.42 Å². The van der Waals surface area contributed by atoms with Gasteiger partial charge < -0.3 is 15.2 Å². The molecule has 1 aromatic carbocycles. The summed E-state index contributed by atoms with van der Waals surface area (Å²) < 4.78 is 5.20. The Hall–Kier alpha value is -2.92. The largest absolute Gasteiger partial charge is 0.497 e. The Balaban J connectivity index is 2.22. The number of ether oxygens (including phenoxy) is 1. The Morgan fingerprint density at radius 1 is 1.52 bits per heavy atom. The number of anilines is 1. The molecule has 0 aliphatic rings. The van der Waals surface area contributed by atoms with E-state index in [0.29, 0.717) is 12.2 Å². The van der Waals surface area contributed by atoms with Crippen LogP contribution in [0.3, 0.4) is 0 Å². The van der Waals surface area contributed by atoms with Crippen LogP contribution >= 0.6 is 0 Å². The first-order valence-corrected chi connectivity index (χ1v) is 6.16. The molecule has 0 aliphatic carbocycles. The number of aromatic nitrogens is 4. The number of rotatable bonds is 6. The topological polar surface area (TPSA) is 120 Å². The van der Waals surface area contributed by atoms with Gasteiger partial charge in [-0.3, -0.25) is 0 Å². The standard InChI is InChI=1S/C13H14N6O2/c1-21-12-5-9(2-3-20)4-11(6-12)15-8-10(7-14)13-16-18-19-17-13/h4-6,8,15,20H,2-3H2,1H3,(H,16,17,18,19).